The highest BCUT2D eigenvalue weighted by Gasteiger charge is 2.36. The van der Waals surface area contributed by atoms with E-state index in [1.165, 1.54) is 6.07 Å². The van der Waals surface area contributed by atoms with Crippen molar-refractivity contribution in [2.24, 2.45) is 5.73 Å². The normalized spacial score (nSPS) is 22.0. The number of hydrogen-bond acceptors (Lipinski definition) is 4. The van der Waals surface area contributed by atoms with Gasteiger partial charge < -0.3 is 11.1 Å². The van der Waals surface area contributed by atoms with Crippen molar-refractivity contribution in [2.45, 2.75) is 25.4 Å². The molecule has 0 aromatic heterocycles. The zero-order chi connectivity index (χ0) is 12.6. The maximum absolute atomic E-state index is 11.9. The molecular formula is C11H13N3O3. The summed E-state index contributed by atoms with van der Waals surface area (Å²) in [5.74, 6) is -0.423. The van der Waals surface area contributed by atoms with Crippen molar-refractivity contribution < 1.29 is 9.72 Å². The van der Waals surface area contributed by atoms with Crippen molar-refractivity contribution in [2.75, 3.05) is 0 Å². The second kappa shape index (κ2) is 4.14. The van der Waals surface area contributed by atoms with Crippen LogP contribution in [0, 0.1) is 17.0 Å². The molecule has 0 aliphatic heterocycles. The predicted molar refractivity (Wildman–Crippen MR) is 61.7 cm³/mol. The highest BCUT2D eigenvalue weighted by molar-refractivity contribution is 5.99. The molecule has 0 spiro atoms. The fourth-order valence-corrected chi connectivity index (χ4v) is 1.72. The fourth-order valence-electron chi connectivity index (χ4n) is 1.72. The maximum Gasteiger partial charge on any atom is 0.282 e. The molecule has 2 unspecified atom stereocenters. The third-order valence-corrected chi connectivity index (χ3v) is 2.83. The second-order valence-electron chi connectivity index (χ2n) is 4.21. The Kier molecular flexibility index (Phi) is 2.81. The van der Waals surface area contributed by atoms with Crippen molar-refractivity contribution in [3.8, 4) is 0 Å². The molecular weight excluding hydrogens is 222 g/mol. The van der Waals surface area contributed by atoms with E-state index in [2.05, 4.69) is 5.32 Å². The summed E-state index contributed by atoms with van der Waals surface area (Å²) in [5, 5.41) is 13.5. The van der Waals surface area contributed by atoms with Crippen molar-refractivity contribution in [1.82, 2.24) is 5.32 Å². The summed E-state index contributed by atoms with van der Waals surface area (Å²) in [6.45, 7) is 1.68. The van der Waals surface area contributed by atoms with Gasteiger partial charge in [-0.25, -0.2) is 0 Å². The molecule has 0 radical (unpaired) electrons. The zero-order valence-electron chi connectivity index (χ0n) is 9.34. The van der Waals surface area contributed by atoms with Crippen LogP contribution in [0.5, 0.6) is 0 Å². The van der Waals surface area contributed by atoms with Gasteiger partial charge in [-0.1, -0.05) is 12.1 Å². The van der Waals surface area contributed by atoms with E-state index in [-0.39, 0.29) is 23.3 Å². The fraction of sp³-hybridized carbons (Fsp3) is 0.364. The Bertz CT molecular complexity index is 487. The lowest BCUT2D eigenvalue weighted by Gasteiger charge is -2.07. The van der Waals surface area contributed by atoms with E-state index >= 15 is 0 Å². The van der Waals surface area contributed by atoms with Crippen LogP contribution in [0.25, 0.3) is 0 Å². The number of aryl methyl sites for hydroxylation is 1. The number of nitro groups is 1. The Balaban J connectivity index is 2.29. The van der Waals surface area contributed by atoms with E-state index in [4.69, 9.17) is 5.73 Å². The molecule has 6 heteroatoms. The number of rotatable bonds is 3. The quantitative estimate of drug-likeness (QED) is 0.596. The molecule has 1 aromatic rings. The SMILES string of the molecule is Cc1cccc([N+](=O)[O-])c1C(=O)NC1CC1N. The maximum atomic E-state index is 11.9. The minimum atomic E-state index is -0.547. The summed E-state index contributed by atoms with van der Waals surface area (Å²) in [4.78, 5) is 22.2. The van der Waals surface area contributed by atoms with Gasteiger partial charge in [0.1, 0.15) is 5.56 Å². The second-order valence-corrected chi connectivity index (χ2v) is 4.21. The average Bonchev–Trinajstić information content (AvgIpc) is 2.93. The first-order valence-electron chi connectivity index (χ1n) is 5.31. The molecule has 0 bridgehead atoms. The van der Waals surface area contributed by atoms with Crippen molar-refractivity contribution in [3.63, 3.8) is 0 Å². The smallest absolute Gasteiger partial charge is 0.282 e. The Morgan fingerprint density at radius 1 is 1.59 bits per heavy atom. The first kappa shape index (κ1) is 11.5. The van der Waals surface area contributed by atoms with Gasteiger partial charge in [-0.05, 0) is 18.9 Å². The average molecular weight is 235 g/mol. The zero-order valence-corrected chi connectivity index (χ0v) is 9.34. The van der Waals surface area contributed by atoms with Gasteiger partial charge in [-0.15, -0.1) is 0 Å². The lowest BCUT2D eigenvalue weighted by molar-refractivity contribution is -0.385. The monoisotopic (exact) mass is 235 g/mol. The number of amides is 1. The van der Waals surface area contributed by atoms with Crippen LogP contribution in [0.1, 0.15) is 22.3 Å². The molecule has 1 aromatic carbocycles. The highest BCUT2D eigenvalue weighted by Crippen LogP contribution is 2.24. The molecule has 6 nitrogen and oxygen atoms in total. The van der Waals surface area contributed by atoms with E-state index in [9.17, 15) is 14.9 Å². The molecule has 1 amide bonds. The van der Waals surface area contributed by atoms with Crippen LogP contribution in [0.3, 0.4) is 0 Å². The largest absolute Gasteiger partial charge is 0.347 e. The Labute approximate surface area is 98.0 Å². The van der Waals surface area contributed by atoms with Gasteiger partial charge in [-0.2, -0.15) is 0 Å². The van der Waals surface area contributed by atoms with Crippen molar-refractivity contribution in [1.29, 1.82) is 0 Å². The standard InChI is InChI=1S/C11H13N3O3/c1-6-3-2-4-9(14(16)17)10(6)11(15)13-8-5-7(8)12/h2-4,7-8H,5,12H2,1H3,(H,13,15). The first-order chi connectivity index (χ1) is 8.00. The van der Waals surface area contributed by atoms with Gasteiger partial charge in [0, 0.05) is 18.2 Å². The van der Waals surface area contributed by atoms with Crippen molar-refractivity contribution >= 4 is 11.6 Å². The molecule has 2 atom stereocenters. The van der Waals surface area contributed by atoms with E-state index < -0.39 is 10.8 Å². The summed E-state index contributed by atoms with van der Waals surface area (Å²) in [6, 6.07) is 4.49. The molecule has 2 rings (SSSR count). The summed E-state index contributed by atoms with van der Waals surface area (Å²) in [6.07, 6.45) is 0.728. The van der Waals surface area contributed by atoms with Crippen LogP contribution < -0.4 is 11.1 Å². The first-order valence-corrected chi connectivity index (χ1v) is 5.31. The van der Waals surface area contributed by atoms with Crippen LogP contribution in [0.4, 0.5) is 5.69 Å². The Hall–Kier alpha value is -1.95. The van der Waals surface area contributed by atoms with E-state index in [0.717, 1.165) is 6.42 Å². The summed E-state index contributed by atoms with van der Waals surface area (Å²) >= 11 is 0. The highest BCUT2D eigenvalue weighted by atomic mass is 16.6. The van der Waals surface area contributed by atoms with Crippen LogP contribution in [-0.4, -0.2) is 22.9 Å². The van der Waals surface area contributed by atoms with E-state index in [0.29, 0.717) is 5.56 Å². The van der Waals surface area contributed by atoms with Gasteiger partial charge >= 0.3 is 0 Å². The van der Waals surface area contributed by atoms with Gasteiger partial charge in [0.15, 0.2) is 0 Å². The van der Waals surface area contributed by atoms with Gasteiger partial charge in [0.05, 0.1) is 4.92 Å². The minimum absolute atomic E-state index is 0.0259. The van der Waals surface area contributed by atoms with Crippen molar-refractivity contribution in [3.05, 3.63) is 39.4 Å². The lowest BCUT2D eigenvalue weighted by Crippen LogP contribution is -2.30. The number of carbonyl (C=O) groups is 1. The van der Waals surface area contributed by atoms with Crippen LogP contribution >= 0.6 is 0 Å². The molecule has 17 heavy (non-hydrogen) atoms. The summed E-state index contributed by atoms with van der Waals surface area (Å²) in [7, 11) is 0. The van der Waals surface area contributed by atoms with E-state index in [1.54, 1.807) is 19.1 Å². The molecule has 3 N–H and O–H groups in total. The summed E-state index contributed by atoms with van der Waals surface area (Å²) < 4.78 is 0. The Morgan fingerprint density at radius 2 is 2.24 bits per heavy atom. The number of carbonyl (C=O) groups excluding carboxylic acids is 1. The molecule has 0 heterocycles. The van der Waals surface area contributed by atoms with Gasteiger partial charge in [-0.3, -0.25) is 14.9 Å². The number of hydrogen-bond donors (Lipinski definition) is 2. The third kappa shape index (κ3) is 2.26. The van der Waals surface area contributed by atoms with Crippen LogP contribution in [-0.2, 0) is 0 Å². The number of nitro benzene ring substituents is 1. The number of nitrogens with two attached hydrogens (primary N) is 1. The number of benzene rings is 1. The number of nitrogens with one attached hydrogen (secondary N) is 1. The molecule has 1 aliphatic carbocycles. The van der Waals surface area contributed by atoms with Gasteiger partial charge in [0.2, 0.25) is 0 Å². The van der Waals surface area contributed by atoms with Crippen LogP contribution in [0.15, 0.2) is 18.2 Å². The van der Waals surface area contributed by atoms with Gasteiger partial charge in [0.25, 0.3) is 11.6 Å². The third-order valence-electron chi connectivity index (χ3n) is 2.83. The number of nitrogens with zero attached hydrogens (tertiary/aromatic N) is 1. The topological polar surface area (TPSA) is 98.3 Å². The minimum Gasteiger partial charge on any atom is -0.347 e. The molecule has 0 saturated heterocycles. The Morgan fingerprint density at radius 3 is 2.76 bits per heavy atom. The predicted octanol–water partition coefficient (Wildman–Crippen LogP) is 0.733. The lowest BCUT2D eigenvalue weighted by atomic mass is 10.1. The summed E-state index contributed by atoms with van der Waals surface area (Å²) in [5.41, 5.74) is 6.12. The molecule has 90 valence electrons. The molecule has 1 saturated carbocycles. The van der Waals surface area contributed by atoms with Crippen LogP contribution in [0.2, 0.25) is 0 Å². The molecule has 1 aliphatic rings. The molecule has 1 fully saturated rings. The van der Waals surface area contributed by atoms with E-state index in [1.807, 2.05) is 0 Å².